The summed E-state index contributed by atoms with van der Waals surface area (Å²) in [7, 11) is 3.98. The van der Waals surface area contributed by atoms with Gasteiger partial charge in [0.1, 0.15) is 11.5 Å². The zero-order valence-corrected chi connectivity index (χ0v) is 13.6. The summed E-state index contributed by atoms with van der Waals surface area (Å²) in [5.41, 5.74) is 0.855. The summed E-state index contributed by atoms with van der Waals surface area (Å²) >= 11 is 0. The number of aromatic nitrogens is 1. The molecule has 3 rings (SSSR count). The highest BCUT2D eigenvalue weighted by molar-refractivity contribution is 5.77. The third-order valence-corrected chi connectivity index (χ3v) is 4.55. The van der Waals surface area contributed by atoms with E-state index in [4.69, 9.17) is 4.52 Å². The number of hydrogen-bond acceptors (Lipinski definition) is 5. The molecule has 1 saturated heterocycles. The zero-order chi connectivity index (χ0) is 15.5. The van der Waals surface area contributed by atoms with Crippen molar-refractivity contribution in [2.75, 3.05) is 46.8 Å². The van der Waals surface area contributed by atoms with Crippen LogP contribution in [-0.4, -0.2) is 72.6 Å². The topological polar surface area (TPSA) is 52.8 Å². The average molecular weight is 306 g/mol. The van der Waals surface area contributed by atoms with Crippen LogP contribution in [0.25, 0.3) is 0 Å². The summed E-state index contributed by atoms with van der Waals surface area (Å²) in [6.07, 6.45) is 3.53. The smallest absolute Gasteiger partial charge is 0.236 e. The van der Waals surface area contributed by atoms with Crippen molar-refractivity contribution < 1.29 is 9.32 Å². The van der Waals surface area contributed by atoms with Crippen molar-refractivity contribution in [3.05, 3.63) is 17.5 Å². The number of rotatable bonds is 5. The first-order chi connectivity index (χ1) is 10.6. The van der Waals surface area contributed by atoms with Crippen molar-refractivity contribution >= 4 is 5.91 Å². The standard InChI is InChI=1S/C16H26N4O2/c1-18-6-3-7-20(9-8-18)12-16(21)19(2)11-14-10-15(22-17-14)13-4-5-13/h10,13H,3-9,11-12H2,1-2H3. The van der Waals surface area contributed by atoms with Crippen LogP contribution in [0.2, 0.25) is 0 Å². The van der Waals surface area contributed by atoms with Crippen molar-refractivity contribution in [3.8, 4) is 0 Å². The first-order valence-electron chi connectivity index (χ1n) is 8.22. The van der Waals surface area contributed by atoms with Gasteiger partial charge in [-0.05, 0) is 39.4 Å². The van der Waals surface area contributed by atoms with Crippen molar-refractivity contribution in [2.24, 2.45) is 0 Å². The quantitative estimate of drug-likeness (QED) is 0.817. The van der Waals surface area contributed by atoms with E-state index < -0.39 is 0 Å². The highest BCUT2D eigenvalue weighted by Gasteiger charge is 2.28. The largest absolute Gasteiger partial charge is 0.361 e. The highest BCUT2D eigenvalue weighted by Crippen LogP contribution is 2.40. The van der Waals surface area contributed by atoms with Gasteiger partial charge in [0, 0.05) is 32.1 Å². The monoisotopic (exact) mass is 306 g/mol. The van der Waals surface area contributed by atoms with Crippen molar-refractivity contribution in [2.45, 2.75) is 31.7 Å². The van der Waals surface area contributed by atoms with E-state index in [0.717, 1.165) is 44.1 Å². The Morgan fingerprint density at radius 1 is 1.36 bits per heavy atom. The van der Waals surface area contributed by atoms with Crippen LogP contribution < -0.4 is 0 Å². The number of likely N-dealkylation sites (N-methyl/N-ethyl adjacent to an activating group) is 2. The van der Waals surface area contributed by atoms with Crippen molar-refractivity contribution in [1.29, 1.82) is 0 Å². The molecule has 0 aromatic carbocycles. The molecule has 0 atom stereocenters. The molecule has 1 aliphatic carbocycles. The first kappa shape index (κ1) is 15.5. The number of carbonyl (C=O) groups is 1. The summed E-state index contributed by atoms with van der Waals surface area (Å²) in [6.45, 7) is 5.14. The summed E-state index contributed by atoms with van der Waals surface area (Å²) in [4.78, 5) is 18.7. The molecular weight excluding hydrogens is 280 g/mol. The van der Waals surface area contributed by atoms with E-state index in [1.807, 2.05) is 13.1 Å². The lowest BCUT2D eigenvalue weighted by Crippen LogP contribution is -2.39. The molecule has 6 nitrogen and oxygen atoms in total. The van der Waals surface area contributed by atoms with Gasteiger partial charge in [-0.15, -0.1) is 0 Å². The second-order valence-corrected chi connectivity index (χ2v) is 6.68. The maximum Gasteiger partial charge on any atom is 0.236 e. The maximum atomic E-state index is 12.4. The van der Waals surface area contributed by atoms with E-state index in [1.54, 1.807) is 4.90 Å². The second kappa shape index (κ2) is 6.79. The number of amides is 1. The summed E-state index contributed by atoms with van der Waals surface area (Å²) < 4.78 is 5.34. The Morgan fingerprint density at radius 3 is 2.95 bits per heavy atom. The lowest BCUT2D eigenvalue weighted by molar-refractivity contribution is -0.131. The second-order valence-electron chi connectivity index (χ2n) is 6.68. The third kappa shape index (κ3) is 4.08. The van der Waals surface area contributed by atoms with Crippen LogP contribution in [0.1, 0.15) is 36.6 Å². The molecular formula is C16H26N4O2. The van der Waals surface area contributed by atoms with Crippen LogP contribution in [0.3, 0.4) is 0 Å². The molecule has 1 aliphatic heterocycles. The van der Waals surface area contributed by atoms with E-state index in [-0.39, 0.29) is 5.91 Å². The minimum Gasteiger partial charge on any atom is -0.361 e. The highest BCUT2D eigenvalue weighted by atomic mass is 16.5. The van der Waals surface area contributed by atoms with Crippen molar-refractivity contribution in [1.82, 2.24) is 19.9 Å². The molecule has 0 unspecified atom stereocenters. The summed E-state index contributed by atoms with van der Waals surface area (Å²) in [6, 6.07) is 2.00. The van der Waals surface area contributed by atoms with Crippen LogP contribution in [-0.2, 0) is 11.3 Å². The fourth-order valence-corrected chi connectivity index (χ4v) is 2.86. The Morgan fingerprint density at radius 2 is 2.18 bits per heavy atom. The molecule has 1 amide bonds. The van der Waals surface area contributed by atoms with Gasteiger partial charge >= 0.3 is 0 Å². The normalized spacial score (nSPS) is 20.8. The van der Waals surface area contributed by atoms with Gasteiger partial charge in [-0.3, -0.25) is 9.69 Å². The van der Waals surface area contributed by atoms with Gasteiger partial charge in [0.15, 0.2) is 0 Å². The average Bonchev–Trinajstić information content (AvgIpc) is 3.27. The molecule has 22 heavy (non-hydrogen) atoms. The fraction of sp³-hybridized carbons (Fsp3) is 0.750. The minimum atomic E-state index is 0.153. The fourth-order valence-electron chi connectivity index (χ4n) is 2.86. The molecule has 2 fully saturated rings. The van der Waals surface area contributed by atoms with Crippen LogP contribution in [0.5, 0.6) is 0 Å². The van der Waals surface area contributed by atoms with Gasteiger partial charge < -0.3 is 14.3 Å². The molecule has 1 aromatic rings. The SMILES string of the molecule is CN1CCCN(CC(=O)N(C)Cc2cc(C3CC3)on2)CC1. The number of hydrogen-bond donors (Lipinski definition) is 0. The van der Waals surface area contributed by atoms with E-state index in [0.29, 0.717) is 19.0 Å². The minimum absolute atomic E-state index is 0.153. The number of carbonyl (C=O) groups excluding carboxylic acids is 1. The molecule has 2 heterocycles. The first-order valence-corrected chi connectivity index (χ1v) is 8.22. The number of nitrogens with zero attached hydrogens (tertiary/aromatic N) is 4. The van der Waals surface area contributed by atoms with Gasteiger partial charge in [-0.2, -0.15) is 0 Å². The maximum absolute atomic E-state index is 12.4. The van der Waals surface area contributed by atoms with Crippen LogP contribution in [0.4, 0.5) is 0 Å². The summed E-state index contributed by atoms with van der Waals surface area (Å²) in [5.74, 6) is 1.70. The Labute approximate surface area is 132 Å². The molecule has 6 heteroatoms. The molecule has 2 aliphatic rings. The van der Waals surface area contributed by atoms with E-state index >= 15 is 0 Å². The predicted molar refractivity (Wildman–Crippen MR) is 83.5 cm³/mol. The Hall–Kier alpha value is -1.40. The van der Waals surface area contributed by atoms with E-state index in [2.05, 4.69) is 22.0 Å². The van der Waals surface area contributed by atoms with E-state index in [9.17, 15) is 4.79 Å². The van der Waals surface area contributed by atoms with E-state index in [1.165, 1.54) is 12.8 Å². The lowest BCUT2D eigenvalue weighted by Gasteiger charge is -2.23. The predicted octanol–water partition coefficient (Wildman–Crippen LogP) is 1.15. The molecule has 0 radical (unpaired) electrons. The van der Waals surface area contributed by atoms with Gasteiger partial charge in [0.2, 0.25) is 5.91 Å². The zero-order valence-electron chi connectivity index (χ0n) is 13.6. The molecule has 0 N–H and O–H groups in total. The molecule has 0 bridgehead atoms. The van der Waals surface area contributed by atoms with Gasteiger partial charge in [-0.1, -0.05) is 5.16 Å². The van der Waals surface area contributed by atoms with Crippen LogP contribution in [0.15, 0.2) is 10.6 Å². The van der Waals surface area contributed by atoms with Crippen molar-refractivity contribution in [3.63, 3.8) is 0 Å². The van der Waals surface area contributed by atoms with Crippen LogP contribution in [0, 0.1) is 0 Å². The molecule has 0 spiro atoms. The Balaban J connectivity index is 1.48. The van der Waals surface area contributed by atoms with Gasteiger partial charge in [-0.25, -0.2) is 0 Å². The Kier molecular flexibility index (Phi) is 4.78. The molecule has 1 saturated carbocycles. The van der Waals surface area contributed by atoms with Gasteiger partial charge in [0.05, 0.1) is 13.1 Å². The molecule has 122 valence electrons. The Bertz CT molecular complexity index is 512. The lowest BCUT2D eigenvalue weighted by atomic mass is 10.2. The van der Waals surface area contributed by atoms with Gasteiger partial charge in [0.25, 0.3) is 0 Å². The van der Waals surface area contributed by atoms with Crippen LogP contribution >= 0.6 is 0 Å². The molecule has 1 aromatic heterocycles. The third-order valence-electron chi connectivity index (χ3n) is 4.55. The summed E-state index contributed by atoms with van der Waals surface area (Å²) in [5, 5.41) is 4.08.